The Bertz CT molecular complexity index is 1130. The fourth-order valence-corrected chi connectivity index (χ4v) is 3.95. The zero-order valence-corrected chi connectivity index (χ0v) is 17.8. The Labute approximate surface area is 180 Å². The first-order valence-corrected chi connectivity index (χ1v) is 11.1. The molecule has 0 saturated carbocycles. The SMILES string of the molecule is CCOc1ccccc1CNC(=O)c1cccc(NS(=O)(=O)c2ccc(Cl)cc2)c1. The van der Waals surface area contributed by atoms with Crippen LogP contribution in [0, 0.1) is 0 Å². The normalized spacial score (nSPS) is 11.0. The lowest BCUT2D eigenvalue weighted by molar-refractivity contribution is 0.0950. The third kappa shape index (κ3) is 5.52. The lowest BCUT2D eigenvalue weighted by Gasteiger charge is -2.12. The largest absolute Gasteiger partial charge is 0.494 e. The van der Waals surface area contributed by atoms with Gasteiger partial charge < -0.3 is 10.1 Å². The third-order valence-corrected chi connectivity index (χ3v) is 5.86. The first-order chi connectivity index (χ1) is 14.4. The van der Waals surface area contributed by atoms with Gasteiger partial charge in [0.25, 0.3) is 15.9 Å². The lowest BCUT2D eigenvalue weighted by Crippen LogP contribution is -2.23. The van der Waals surface area contributed by atoms with Crippen LogP contribution in [0.25, 0.3) is 0 Å². The van der Waals surface area contributed by atoms with Crippen LogP contribution >= 0.6 is 11.6 Å². The minimum Gasteiger partial charge on any atom is -0.494 e. The minimum atomic E-state index is -3.80. The molecule has 30 heavy (non-hydrogen) atoms. The van der Waals surface area contributed by atoms with E-state index in [-0.39, 0.29) is 23.0 Å². The molecular weight excluding hydrogens is 424 g/mol. The fourth-order valence-electron chi connectivity index (χ4n) is 2.78. The number of carbonyl (C=O) groups is 1. The van der Waals surface area contributed by atoms with Crippen molar-refractivity contribution in [3.63, 3.8) is 0 Å². The highest BCUT2D eigenvalue weighted by molar-refractivity contribution is 7.92. The summed E-state index contributed by atoms with van der Waals surface area (Å²) in [6, 6.07) is 19.6. The molecule has 1 amide bonds. The van der Waals surface area contributed by atoms with Gasteiger partial charge in [0.2, 0.25) is 0 Å². The number of amides is 1. The Balaban J connectivity index is 1.70. The van der Waals surface area contributed by atoms with Crippen LogP contribution in [-0.2, 0) is 16.6 Å². The van der Waals surface area contributed by atoms with E-state index in [2.05, 4.69) is 10.0 Å². The van der Waals surface area contributed by atoms with Crippen LogP contribution < -0.4 is 14.8 Å². The topological polar surface area (TPSA) is 84.5 Å². The Morgan fingerprint density at radius 2 is 1.73 bits per heavy atom. The van der Waals surface area contributed by atoms with E-state index >= 15 is 0 Å². The van der Waals surface area contributed by atoms with Gasteiger partial charge in [0.1, 0.15) is 5.75 Å². The number of ether oxygens (including phenoxy) is 1. The molecule has 0 spiro atoms. The zero-order valence-electron chi connectivity index (χ0n) is 16.3. The minimum absolute atomic E-state index is 0.0780. The highest BCUT2D eigenvalue weighted by Crippen LogP contribution is 2.20. The number of halogens is 1. The van der Waals surface area contributed by atoms with E-state index < -0.39 is 10.0 Å². The molecule has 0 heterocycles. The van der Waals surface area contributed by atoms with Crippen LogP contribution in [-0.4, -0.2) is 20.9 Å². The zero-order chi connectivity index (χ0) is 21.6. The maximum atomic E-state index is 12.6. The summed E-state index contributed by atoms with van der Waals surface area (Å²) >= 11 is 5.81. The van der Waals surface area contributed by atoms with Gasteiger partial charge in [-0.3, -0.25) is 9.52 Å². The molecule has 3 rings (SSSR count). The van der Waals surface area contributed by atoms with Crippen molar-refractivity contribution < 1.29 is 17.9 Å². The van der Waals surface area contributed by atoms with Crippen LogP contribution in [0.4, 0.5) is 5.69 Å². The number of para-hydroxylation sites is 1. The van der Waals surface area contributed by atoms with Gasteiger partial charge in [-0.05, 0) is 55.5 Å². The molecule has 6 nitrogen and oxygen atoms in total. The molecule has 3 aromatic carbocycles. The van der Waals surface area contributed by atoms with Crippen molar-refractivity contribution in [3.8, 4) is 5.75 Å². The maximum absolute atomic E-state index is 12.6. The van der Waals surface area contributed by atoms with Crippen molar-refractivity contribution in [1.82, 2.24) is 5.32 Å². The summed E-state index contributed by atoms with van der Waals surface area (Å²) < 4.78 is 33.1. The van der Waals surface area contributed by atoms with Crippen molar-refractivity contribution in [1.29, 1.82) is 0 Å². The monoisotopic (exact) mass is 444 g/mol. The number of sulfonamides is 1. The molecule has 0 radical (unpaired) electrons. The first kappa shape index (κ1) is 21.7. The van der Waals surface area contributed by atoms with Crippen molar-refractivity contribution >= 4 is 33.2 Å². The molecule has 0 unspecified atom stereocenters. The molecular formula is C22H21ClN2O4S. The van der Waals surface area contributed by atoms with E-state index in [9.17, 15) is 13.2 Å². The second-order valence-electron chi connectivity index (χ2n) is 6.36. The Morgan fingerprint density at radius 3 is 2.47 bits per heavy atom. The summed E-state index contributed by atoms with van der Waals surface area (Å²) in [7, 11) is -3.80. The predicted octanol–water partition coefficient (Wildman–Crippen LogP) is 4.47. The third-order valence-electron chi connectivity index (χ3n) is 4.21. The van der Waals surface area contributed by atoms with Gasteiger partial charge in [0.15, 0.2) is 0 Å². The van der Waals surface area contributed by atoms with Crippen LogP contribution in [0.2, 0.25) is 5.02 Å². The van der Waals surface area contributed by atoms with Gasteiger partial charge in [-0.15, -0.1) is 0 Å². The summed E-state index contributed by atoms with van der Waals surface area (Å²) in [4.78, 5) is 12.6. The quantitative estimate of drug-likeness (QED) is 0.536. The Morgan fingerprint density at radius 1 is 1.00 bits per heavy atom. The first-order valence-electron chi connectivity index (χ1n) is 9.26. The van der Waals surface area contributed by atoms with E-state index in [1.165, 1.54) is 30.3 Å². The van der Waals surface area contributed by atoms with Gasteiger partial charge >= 0.3 is 0 Å². The highest BCUT2D eigenvalue weighted by Gasteiger charge is 2.15. The number of benzene rings is 3. The summed E-state index contributed by atoms with van der Waals surface area (Å²) in [6.45, 7) is 2.71. The molecule has 3 aromatic rings. The second kappa shape index (κ2) is 9.65. The van der Waals surface area contributed by atoms with Crippen LogP contribution in [0.15, 0.2) is 77.7 Å². The van der Waals surface area contributed by atoms with Crippen molar-refractivity contribution in [2.24, 2.45) is 0 Å². The molecule has 0 fully saturated rings. The van der Waals surface area contributed by atoms with Gasteiger partial charge in [0, 0.05) is 28.4 Å². The predicted molar refractivity (Wildman–Crippen MR) is 117 cm³/mol. The van der Waals surface area contributed by atoms with Gasteiger partial charge in [-0.1, -0.05) is 35.9 Å². The molecule has 8 heteroatoms. The summed E-state index contributed by atoms with van der Waals surface area (Å²) in [5, 5.41) is 3.27. The number of hydrogen-bond donors (Lipinski definition) is 2. The standard InChI is InChI=1S/C22H21ClN2O4S/c1-2-29-21-9-4-3-6-17(21)15-24-22(26)16-7-5-8-19(14-16)25-30(27,28)20-12-10-18(23)11-13-20/h3-14,25H,2,15H2,1H3,(H,24,26). The van der Waals surface area contributed by atoms with Crippen LogP contribution in [0.1, 0.15) is 22.8 Å². The number of rotatable bonds is 8. The molecule has 0 bridgehead atoms. The molecule has 0 saturated heterocycles. The fraction of sp³-hybridized carbons (Fsp3) is 0.136. The number of carbonyl (C=O) groups excluding carboxylic acids is 1. The van der Waals surface area contributed by atoms with E-state index in [0.717, 1.165) is 5.56 Å². The smallest absolute Gasteiger partial charge is 0.261 e. The average molecular weight is 445 g/mol. The molecule has 0 aromatic heterocycles. The van der Waals surface area contributed by atoms with Gasteiger partial charge in [0.05, 0.1) is 11.5 Å². The van der Waals surface area contributed by atoms with Gasteiger partial charge in [-0.2, -0.15) is 0 Å². The van der Waals surface area contributed by atoms with E-state index in [1.807, 2.05) is 31.2 Å². The lowest BCUT2D eigenvalue weighted by atomic mass is 10.1. The maximum Gasteiger partial charge on any atom is 0.261 e. The Kier molecular flexibility index (Phi) is 6.97. The summed E-state index contributed by atoms with van der Waals surface area (Å²) in [6.07, 6.45) is 0. The average Bonchev–Trinajstić information content (AvgIpc) is 2.73. The van der Waals surface area contributed by atoms with Gasteiger partial charge in [-0.25, -0.2) is 8.42 Å². The van der Waals surface area contributed by atoms with Crippen LogP contribution in [0.3, 0.4) is 0 Å². The van der Waals surface area contributed by atoms with E-state index in [1.54, 1.807) is 18.2 Å². The highest BCUT2D eigenvalue weighted by atomic mass is 35.5. The van der Waals surface area contributed by atoms with E-state index in [4.69, 9.17) is 16.3 Å². The molecule has 0 atom stereocenters. The van der Waals surface area contributed by atoms with Crippen molar-refractivity contribution in [3.05, 3.63) is 88.9 Å². The Hall–Kier alpha value is -3.03. The summed E-state index contributed by atoms with van der Waals surface area (Å²) in [5.74, 6) is 0.388. The second-order valence-corrected chi connectivity index (χ2v) is 8.48. The molecule has 0 aliphatic heterocycles. The van der Waals surface area contributed by atoms with Crippen molar-refractivity contribution in [2.45, 2.75) is 18.4 Å². The van der Waals surface area contributed by atoms with Crippen LogP contribution in [0.5, 0.6) is 5.75 Å². The molecule has 0 aliphatic carbocycles. The number of nitrogens with one attached hydrogen (secondary N) is 2. The molecule has 156 valence electrons. The van der Waals surface area contributed by atoms with E-state index in [0.29, 0.717) is 22.9 Å². The number of anilines is 1. The number of hydrogen-bond acceptors (Lipinski definition) is 4. The molecule has 2 N–H and O–H groups in total. The summed E-state index contributed by atoms with van der Waals surface area (Å²) in [5.41, 5.74) is 1.47. The molecule has 0 aliphatic rings. The van der Waals surface area contributed by atoms with Crippen molar-refractivity contribution in [2.75, 3.05) is 11.3 Å².